The van der Waals surface area contributed by atoms with Crippen molar-refractivity contribution in [1.82, 2.24) is 15.1 Å². The molecule has 1 saturated heterocycles. The van der Waals surface area contributed by atoms with Crippen LogP contribution in [-0.2, 0) is 4.74 Å². The monoisotopic (exact) mass is 271 g/mol. The second kappa shape index (κ2) is 5.88. The molecule has 0 aliphatic carbocycles. The van der Waals surface area contributed by atoms with Gasteiger partial charge < -0.3 is 10.1 Å². The van der Waals surface area contributed by atoms with Gasteiger partial charge in [-0.25, -0.2) is 4.68 Å². The Bertz CT molecular complexity index is 574. The molecule has 1 N–H and O–H groups in total. The highest BCUT2D eigenvalue weighted by atomic mass is 16.5. The highest BCUT2D eigenvalue weighted by Gasteiger charge is 2.17. The Morgan fingerprint density at radius 3 is 3.00 bits per heavy atom. The van der Waals surface area contributed by atoms with E-state index in [4.69, 9.17) is 4.74 Å². The Morgan fingerprint density at radius 1 is 1.40 bits per heavy atom. The van der Waals surface area contributed by atoms with Gasteiger partial charge in [0.05, 0.1) is 23.6 Å². The molecule has 1 aromatic carbocycles. The lowest BCUT2D eigenvalue weighted by Crippen LogP contribution is -2.31. The molecule has 0 saturated carbocycles. The van der Waals surface area contributed by atoms with Crippen LogP contribution < -0.4 is 5.32 Å². The van der Waals surface area contributed by atoms with E-state index in [0.29, 0.717) is 12.1 Å². The summed E-state index contributed by atoms with van der Waals surface area (Å²) in [5.41, 5.74) is 1.50. The average Bonchev–Trinajstić information content (AvgIpc) is 3.17. The zero-order valence-corrected chi connectivity index (χ0v) is 11.2. The van der Waals surface area contributed by atoms with Crippen molar-refractivity contribution in [1.29, 1.82) is 0 Å². The van der Waals surface area contributed by atoms with Gasteiger partial charge in [0, 0.05) is 19.3 Å². The van der Waals surface area contributed by atoms with Crippen LogP contribution in [0.5, 0.6) is 0 Å². The molecule has 20 heavy (non-hydrogen) atoms. The highest BCUT2D eigenvalue weighted by Crippen LogP contribution is 2.11. The Hall–Kier alpha value is -2.14. The Morgan fingerprint density at radius 2 is 2.25 bits per heavy atom. The van der Waals surface area contributed by atoms with E-state index in [9.17, 15) is 4.79 Å². The predicted octanol–water partition coefficient (Wildman–Crippen LogP) is 1.78. The van der Waals surface area contributed by atoms with Crippen molar-refractivity contribution in [2.24, 2.45) is 0 Å². The molecule has 0 bridgehead atoms. The summed E-state index contributed by atoms with van der Waals surface area (Å²) in [4.78, 5) is 12.0. The molecule has 104 valence electrons. The van der Waals surface area contributed by atoms with Crippen molar-refractivity contribution < 1.29 is 9.53 Å². The third kappa shape index (κ3) is 2.88. The summed E-state index contributed by atoms with van der Waals surface area (Å²) < 4.78 is 7.17. The minimum atomic E-state index is -0.109. The maximum absolute atomic E-state index is 12.0. The van der Waals surface area contributed by atoms with Crippen molar-refractivity contribution in [3.63, 3.8) is 0 Å². The van der Waals surface area contributed by atoms with Gasteiger partial charge in [-0.1, -0.05) is 18.2 Å². The lowest BCUT2D eigenvalue weighted by atomic mass is 10.2. The largest absolute Gasteiger partial charge is 0.376 e. The van der Waals surface area contributed by atoms with E-state index in [1.807, 2.05) is 30.3 Å². The van der Waals surface area contributed by atoms with Gasteiger partial charge in [0.1, 0.15) is 0 Å². The Balaban J connectivity index is 1.62. The van der Waals surface area contributed by atoms with E-state index >= 15 is 0 Å². The Labute approximate surface area is 117 Å². The summed E-state index contributed by atoms with van der Waals surface area (Å²) in [7, 11) is 0. The van der Waals surface area contributed by atoms with Crippen LogP contribution in [0, 0.1) is 0 Å². The van der Waals surface area contributed by atoms with Gasteiger partial charge in [-0.05, 0) is 25.0 Å². The van der Waals surface area contributed by atoms with E-state index in [0.717, 1.165) is 25.1 Å². The molecule has 1 aliphatic rings. The molecule has 1 aromatic heterocycles. The van der Waals surface area contributed by atoms with Crippen LogP contribution in [0.15, 0.2) is 42.7 Å². The number of rotatable bonds is 4. The van der Waals surface area contributed by atoms with Gasteiger partial charge in [0.15, 0.2) is 0 Å². The minimum Gasteiger partial charge on any atom is -0.376 e. The van der Waals surface area contributed by atoms with E-state index in [1.165, 1.54) is 0 Å². The topological polar surface area (TPSA) is 56.1 Å². The van der Waals surface area contributed by atoms with Crippen molar-refractivity contribution in [3.8, 4) is 5.69 Å². The molecule has 2 aromatic rings. The molecule has 5 nitrogen and oxygen atoms in total. The van der Waals surface area contributed by atoms with Gasteiger partial charge in [-0.2, -0.15) is 5.10 Å². The summed E-state index contributed by atoms with van der Waals surface area (Å²) in [6, 6.07) is 9.71. The highest BCUT2D eigenvalue weighted by molar-refractivity contribution is 5.93. The second-order valence-electron chi connectivity index (χ2n) is 4.85. The lowest BCUT2D eigenvalue weighted by molar-refractivity contribution is 0.0858. The second-order valence-corrected chi connectivity index (χ2v) is 4.85. The number of nitrogens with one attached hydrogen (secondary N) is 1. The lowest BCUT2D eigenvalue weighted by Gasteiger charge is -2.09. The van der Waals surface area contributed by atoms with Crippen LogP contribution in [0.1, 0.15) is 23.2 Å². The number of aromatic nitrogens is 2. The maximum Gasteiger partial charge on any atom is 0.254 e. The standard InChI is InChI=1S/C15H17N3O2/c19-15(16-10-14-7-4-8-20-14)12-9-17-18(11-12)13-5-2-1-3-6-13/h1-3,5-6,9,11,14H,4,7-8,10H2,(H,16,19)/t14-/m0/s1. The molecule has 1 atom stereocenters. The number of hydrogen-bond donors (Lipinski definition) is 1. The molecular formula is C15H17N3O2. The van der Waals surface area contributed by atoms with Crippen molar-refractivity contribution in [2.75, 3.05) is 13.2 Å². The first-order valence-corrected chi connectivity index (χ1v) is 6.83. The van der Waals surface area contributed by atoms with Gasteiger partial charge >= 0.3 is 0 Å². The third-order valence-corrected chi connectivity index (χ3v) is 3.38. The molecule has 0 unspecified atom stereocenters. The van der Waals surface area contributed by atoms with Crippen LogP contribution in [-0.4, -0.2) is 34.9 Å². The fourth-order valence-electron chi connectivity index (χ4n) is 2.28. The van der Waals surface area contributed by atoms with E-state index in [2.05, 4.69) is 10.4 Å². The molecule has 2 heterocycles. The van der Waals surface area contributed by atoms with Crippen LogP contribution in [0.2, 0.25) is 0 Å². The van der Waals surface area contributed by atoms with E-state index < -0.39 is 0 Å². The normalized spacial score (nSPS) is 18.1. The summed E-state index contributed by atoms with van der Waals surface area (Å²) in [5.74, 6) is -0.109. The first-order chi connectivity index (χ1) is 9.83. The molecule has 0 radical (unpaired) electrons. The van der Waals surface area contributed by atoms with Gasteiger partial charge in [-0.3, -0.25) is 4.79 Å². The van der Waals surface area contributed by atoms with Crippen molar-refractivity contribution >= 4 is 5.91 Å². The quantitative estimate of drug-likeness (QED) is 0.922. The van der Waals surface area contributed by atoms with E-state index in [1.54, 1.807) is 17.1 Å². The summed E-state index contributed by atoms with van der Waals surface area (Å²) >= 11 is 0. The predicted molar refractivity (Wildman–Crippen MR) is 74.9 cm³/mol. The van der Waals surface area contributed by atoms with Crippen LogP contribution in [0.25, 0.3) is 5.69 Å². The summed E-state index contributed by atoms with van der Waals surface area (Å²) in [5, 5.41) is 7.10. The molecule has 5 heteroatoms. The first kappa shape index (κ1) is 12.9. The molecular weight excluding hydrogens is 254 g/mol. The van der Waals surface area contributed by atoms with Crippen molar-refractivity contribution in [2.45, 2.75) is 18.9 Å². The minimum absolute atomic E-state index is 0.109. The number of benzene rings is 1. The maximum atomic E-state index is 12.0. The molecule has 0 spiro atoms. The number of hydrogen-bond acceptors (Lipinski definition) is 3. The average molecular weight is 271 g/mol. The van der Waals surface area contributed by atoms with Crippen LogP contribution in [0.3, 0.4) is 0 Å². The van der Waals surface area contributed by atoms with Gasteiger partial charge in [0.25, 0.3) is 5.91 Å². The van der Waals surface area contributed by atoms with Crippen LogP contribution >= 0.6 is 0 Å². The zero-order valence-electron chi connectivity index (χ0n) is 11.2. The van der Waals surface area contributed by atoms with E-state index in [-0.39, 0.29) is 12.0 Å². The SMILES string of the molecule is O=C(NC[C@@H]1CCCO1)c1cnn(-c2ccccc2)c1. The zero-order chi connectivity index (χ0) is 13.8. The van der Waals surface area contributed by atoms with Crippen LogP contribution in [0.4, 0.5) is 0 Å². The number of carbonyl (C=O) groups is 1. The smallest absolute Gasteiger partial charge is 0.254 e. The number of nitrogens with zero attached hydrogens (tertiary/aromatic N) is 2. The third-order valence-electron chi connectivity index (χ3n) is 3.38. The molecule has 1 fully saturated rings. The fourth-order valence-corrected chi connectivity index (χ4v) is 2.28. The van der Waals surface area contributed by atoms with Gasteiger partial charge in [0.2, 0.25) is 0 Å². The fraction of sp³-hybridized carbons (Fsp3) is 0.333. The first-order valence-electron chi connectivity index (χ1n) is 6.83. The van der Waals surface area contributed by atoms with Crippen molar-refractivity contribution in [3.05, 3.63) is 48.3 Å². The number of ether oxygens (including phenoxy) is 1. The summed E-state index contributed by atoms with van der Waals surface area (Å²) in [6.45, 7) is 1.36. The number of amides is 1. The molecule has 1 amide bonds. The summed E-state index contributed by atoms with van der Waals surface area (Å²) in [6.07, 6.45) is 5.57. The number of carbonyl (C=O) groups excluding carboxylic acids is 1. The molecule has 3 rings (SSSR count). The van der Waals surface area contributed by atoms with Gasteiger partial charge in [-0.15, -0.1) is 0 Å². The molecule has 1 aliphatic heterocycles. The number of para-hydroxylation sites is 1. The Kier molecular flexibility index (Phi) is 3.78.